The molecule has 2 atom stereocenters. The summed E-state index contributed by atoms with van der Waals surface area (Å²) in [6.07, 6.45) is -0.582. The number of aliphatic carboxylic acids is 1. The van der Waals surface area contributed by atoms with Crippen LogP contribution in [0.3, 0.4) is 0 Å². The molecule has 1 fully saturated rings. The van der Waals surface area contributed by atoms with Crippen LogP contribution < -0.4 is 34.7 Å². The predicted molar refractivity (Wildman–Crippen MR) is 45.2 cm³/mol. The molecular weight excluding hydrogens is 211 g/mol. The van der Waals surface area contributed by atoms with Crippen LogP contribution >= 0.6 is 0 Å². The molecule has 1 aliphatic heterocycles. The molecular formula is C9H15NaO5. The zero-order chi connectivity index (χ0) is 10.8. The number of carboxylic acid groups (broad SMARTS) is 1. The van der Waals surface area contributed by atoms with Crippen LogP contribution in [0.5, 0.6) is 0 Å². The summed E-state index contributed by atoms with van der Waals surface area (Å²) >= 11 is 0. The van der Waals surface area contributed by atoms with E-state index in [0.29, 0.717) is 6.42 Å². The summed E-state index contributed by atoms with van der Waals surface area (Å²) in [6, 6.07) is 0. The van der Waals surface area contributed by atoms with E-state index in [2.05, 4.69) is 0 Å². The predicted octanol–water partition coefficient (Wildman–Crippen LogP) is -3.97. The van der Waals surface area contributed by atoms with Gasteiger partial charge in [-0.3, -0.25) is 0 Å². The molecule has 1 aliphatic rings. The zero-order valence-corrected chi connectivity index (χ0v) is 11.4. The fraction of sp³-hybridized carbons (Fsp3) is 0.889. The third-order valence-electron chi connectivity index (χ3n) is 2.02. The Kier molecular flexibility index (Phi) is 6.32. The van der Waals surface area contributed by atoms with Gasteiger partial charge in [0.25, 0.3) is 0 Å². The minimum absolute atomic E-state index is 0. The molecule has 0 saturated carbocycles. The maximum atomic E-state index is 10.4. The van der Waals surface area contributed by atoms with E-state index in [1.807, 2.05) is 0 Å². The number of ether oxygens (including phenoxy) is 2. The van der Waals surface area contributed by atoms with Gasteiger partial charge in [-0.2, -0.15) is 0 Å². The van der Waals surface area contributed by atoms with E-state index in [1.54, 1.807) is 13.8 Å². The topological polar surface area (TPSA) is 78.8 Å². The van der Waals surface area contributed by atoms with Gasteiger partial charge in [-0.1, -0.05) is 0 Å². The number of hydrogen-bond donors (Lipinski definition) is 1. The summed E-state index contributed by atoms with van der Waals surface area (Å²) in [5, 5.41) is 19.3. The summed E-state index contributed by atoms with van der Waals surface area (Å²) < 4.78 is 10.7. The van der Waals surface area contributed by atoms with Gasteiger partial charge in [0.15, 0.2) is 5.79 Å². The first kappa shape index (κ1) is 15.3. The van der Waals surface area contributed by atoms with Crippen LogP contribution in [-0.4, -0.2) is 35.7 Å². The van der Waals surface area contributed by atoms with E-state index in [-0.39, 0.29) is 48.7 Å². The number of carbonyl (C=O) groups is 1. The van der Waals surface area contributed by atoms with Gasteiger partial charge in [-0.15, -0.1) is 0 Å². The Morgan fingerprint density at radius 2 is 2.00 bits per heavy atom. The zero-order valence-electron chi connectivity index (χ0n) is 9.36. The van der Waals surface area contributed by atoms with Crippen LogP contribution in [0.15, 0.2) is 0 Å². The van der Waals surface area contributed by atoms with Crippen LogP contribution in [0, 0.1) is 0 Å². The van der Waals surface area contributed by atoms with Crippen molar-refractivity contribution < 1.29 is 54.0 Å². The van der Waals surface area contributed by atoms with Crippen molar-refractivity contribution >= 4 is 5.97 Å². The van der Waals surface area contributed by atoms with E-state index in [9.17, 15) is 9.90 Å². The SMILES string of the molecule is CC1(C)O[C@H](CO)C[C@H](CC(=O)[O-])O1.[Na+]. The maximum Gasteiger partial charge on any atom is 1.00 e. The summed E-state index contributed by atoms with van der Waals surface area (Å²) in [4.78, 5) is 10.4. The third-order valence-corrected chi connectivity index (χ3v) is 2.02. The quantitative estimate of drug-likeness (QED) is 0.497. The van der Waals surface area contributed by atoms with Crippen LogP contribution in [-0.2, 0) is 14.3 Å². The van der Waals surface area contributed by atoms with Crippen molar-refractivity contribution in [1.82, 2.24) is 0 Å². The van der Waals surface area contributed by atoms with E-state index < -0.39 is 17.9 Å². The number of aliphatic hydroxyl groups excluding tert-OH is 1. The molecule has 1 N–H and O–H groups in total. The van der Waals surface area contributed by atoms with E-state index in [4.69, 9.17) is 14.6 Å². The normalized spacial score (nSPS) is 29.3. The average molecular weight is 226 g/mol. The summed E-state index contributed by atoms with van der Waals surface area (Å²) in [5.41, 5.74) is 0. The van der Waals surface area contributed by atoms with Crippen molar-refractivity contribution in [3.8, 4) is 0 Å². The number of hydrogen-bond acceptors (Lipinski definition) is 5. The Labute approximate surface area is 111 Å². The first-order valence-corrected chi connectivity index (χ1v) is 4.59. The minimum atomic E-state index is -1.15. The molecule has 6 heteroatoms. The van der Waals surface area contributed by atoms with Crippen molar-refractivity contribution in [2.24, 2.45) is 0 Å². The van der Waals surface area contributed by atoms with Gasteiger partial charge in [0.1, 0.15) is 0 Å². The van der Waals surface area contributed by atoms with Crippen molar-refractivity contribution in [2.75, 3.05) is 6.61 Å². The Bertz CT molecular complexity index is 219. The molecule has 0 aromatic rings. The van der Waals surface area contributed by atoms with Crippen molar-refractivity contribution in [3.63, 3.8) is 0 Å². The Hall–Kier alpha value is 0.350. The van der Waals surface area contributed by atoms with Crippen molar-refractivity contribution in [3.05, 3.63) is 0 Å². The smallest absolute Gasteiger partial charge is 0.550 e. The second-order valence-corrected chi connectivity index (χ2v) is 3.87. The number of carboxylic acids is 1. The van der Waals surface area contributed by atoms with Crippen LogP contribution in [0.4, 0.5) is 0 Å². The second kappa shape index (κ2) is 6.18. The van der Waals surface area contributed by atoms with E-state index in [1.165, 1.54) is 0 Å². The van der Waals surface area contributed by atoms with Crippen molar-refractivity contribution in [2.45, 2.75) is 44.7 Å². The van der Waals surface area contributed by atoms with Gasteiger partial charge in [-0.05, 0) is 13.8 Å². The number of carbonyl (C=O) groups excluding carboxylic acids is 1. The molecule has 82 valence electrons. The molecule has 0 spiro atoms. The van der Waals surface area contributed by atoms with Gasteiger partial charge >= 0.3 is 29.6 Å². The maximum absolute atomic E-state index is 10.4. The van der Waals surface area contributed by atoms with Gasteiger partial charge < -0.3 is 24.5 Å². The Morgan fingerprint density at radius 3 is 2.47 bits per heavy atom. The van der Waals surface area contributed by atoms with Crippen LogP contribution in [0.1, 0.15) is 26.7 Å². The third kappa shape index (κ3) is 5.29. The fourth-order valence-corrected chi connectivity index (χ4v) is 1.64. The first-order chi connectivity index (χ1) is 6.43. The molecule has 15 heavy (non-hydrogen) atoms. The molecule has 0 aromatic heterocycles. The molecule has 1 heterocycles. The molecule has 1 saturated heterocycles. The molecule has 0 bridgehead atoms. The minimum Gasteiger partial charge on any atom is -0.550 e. The van der Waals surface area contributed by atoms with E-state index >= 15 is 0 Å². The molecule has 0 aromatic carbocycles. The van der Waals surface area contributed by atoms with E-state index in [0.717, 1.165) is 0 Å². The first-order valence-electron chi connectivity index (χ1n) is 4.59. The Balaban J connectivity index is 0.00000196. The fourth-order valence-electron chi connectivity index (χ4n) is 1.64. The molecule has 0 amide bonds. The van der Waals surface area contributed by atoms with Crippen molar-refractivity contribution in [1.29, 1.82) is 0 Å². The largest absolute Gasteiger partial charge is 1.00 e. The Morgan fingerprint density at radius 1 is 1.47 bits per heavy atom. The standard InChI is InChI=1S/C9H16O5.Na/c1-9(2)13-6(4-8(11)12)3-7(5-10)14-9;/h6-7,10H,3-5H2,1-2H3,(H,11,12);/q;+1/p-1/t6-,7+;/m1./s1. The molecule has 5 nitrogen and oxygen atoms in total. The van der Waals surface area contributed by atoms with Gasteiger partial charge in [0, 0.05) is 18.8 Å². The number of rotatable bonds is 3. The van der Waals surface area contributed by atoms with Crippen LogP contribution in [0.25, 0.3) is 0 Å². The molecule has 1 rings (SSSR count). The molecule has 0 unspecified atom stereocenters. The summed E-state index contributed by atoms with van der Waals surface area (Å²) in [7, 11) is 0. The van der Waals surface area contributed by atoms with Gasteiger partial charge in [0.2, 0.25) is 0 Å². The van der Waals surface area contributed by atoms with Gasteiger partial charge in [-0.25, -0.2) is 0 Å². The summed E-state index contributed by atoms with van der Waals surface area (Å²) in [5.74, 6) is -1.99. The average Bonchev–Trinajstić information content (AvgIpc) is 1.99. The monoisotopic (exact) mass is 226 g/mol. The summed E-state index contributed by atoms with van der Waals surface area (Å²) in [6.45, 7) is 3.25. The molecule has 0 radical (unpaired) electrons. The van der Waals surface area contributed by atoms with Gasteiger partial charge in [0.05, 0.1) is 18.8 Å². The molecule has 0 aliphatic carbocycles. The second-order valence-electron chi connectivity index (χ2n) is 3.87. The van der Waals surface area contributed by atoms with Crippen LogP contribution in [0.2, 0.25) is 0 Å². The number of aliphatic hydroxyl groups is 1.